The van der Waals surface area contributed by atoms with E-state index in [4.69, 9.17) is 19.0 Å². The minimum atomic E-state index is -0.956. The molecule has 0 radical (unpaired) electrons. The molecule has 2 aromatic rings. The number of nitrogens with one attached hydrogen (secondary N) is 1. The van der Waals surface area contributed by atoms with E-state index >= 15 is 0 Å². The molecule has 2 N–H and O–H groups in total. The predicted octanol–water partition coefficient (Wildman–Crippen LogP) is 3.72. The molecule has 1 aromatic heterocycles. The smallest absolute Gasteiger partial charge is 0.303 e. The van der Waals surface area contributed by atoms with Crippen molar-refractivity contribution in [2.75, 3.05) is 13.7 Å². The Bertz CT molecular complexity index is 894. The number of aliphatic carboxylic acids is 1. The summed E-state index contributed by atoms with van der Waals surface area (Å²) in [6.07, 6.45) is 3.70. The monoisotopic (exact) mass is 430 g/mol. The van der Waals surface area contributed by atoms with E-state index in [1.54, 1.807) is 7.11 Å². The van der Waals surface area contributed by atoms with Crippen molar-refractivity contribution in [1.29, 1.82) is 0 Å². The van der Waals surface area contributed by atoms with Crippen molar-refractivity contribution in [2.24, 2.45) is 5.92 Å². The lowest BCUT2D eigenvalue weighted by molar-refractivity contribution is -0.139. The van der Waals surface area contributed by atoms with Crippen LogP contribution in [0.4, 0.5) is 0 Å². The van der Waals surface area contributed by atoms with E-state index < -0.39 is 5.97 Å². The van der Waals surface area contributed by atoms with Crippen molar-refractivity contribution in [3.63, 3.8) is 0 Å². The maximum Gasteiger partial charge on any atom is 0.303 e. The fourth-order valence-corrected chi connectivity index (χ4v) is 3.86. The highest BCUT2D eigenvalue weighted by atomic mass is 16.5. The van der Waals surface area contributed by atoms with Gasteiger partial charge in [0.15, 0.2) is 0 Å². The zero-order chi connectivity index (χ0) is 22.2. The number of hydrogen-bond donors (Lipinski definition) is 2. The predicted molar refractivity (Wildman–Crippen MR) is 114 cm³/mol. The molecule has 1 saturated carbocycles. The second-order valence-electron chi connectivity index (χ2n) is 7.96. The molecular formula is C23H30N2O6. The van der Waals surface area contributed by atoms with Gasteiger partial charge in [-0.25, -0.2) is 4.98 Å². The molecule has 1 aromatic carbocycles. The minimum absolute atomic E-state index is 0.0219. The van der Waals surface area contributed by atoms with E-state index in [2.05, 4.69) is 10.3 Å². The standard InChI is InChI=1S/C23H30N2O6/c1-15-20(25-23(31-15)17-6-4-8-19(12-17)29-2)14-30-13-16-5-3-7-18(11-16)24-21(26)9-10-22(27)28/h4,6,8,12,16,18H,3,5,7,9-11,13-14H2,1-2H3,(H,24,26)(H,27,28). The number of oxazole rings is 1. The fraction of sp³-hybridized carbons (Fsp3) is 0.522. The van der Waals surface area contributed by atoms with Crippen LogP contribution in [-0.2, 0) is 20.9 Å². The van der Waals surface area contributed by atoms with Crippen molar-refractivity contribution in [2.45, 2.75) is 58.1 Å². The Balaban J connectivity index is 1.47. The Kier molecular flexibility index (Phi) is 8.06. The van der Waals surface area contributed by atoms with Gasteiger partial charge in [0, 0.05) is 24.6 Å². The molecule has 1 fully saturated rings. The van der Waals surface area contributed by atoms with Crippen molar-refractivity contribution in [3.05, 3.63) is 35.7 Å². The highest BCUT2D eigenvalue weighted by Gasteiger charge is 2.24. The summed E-state index contributed by atoms with van der Waals surface area (Å²) in [5, 5.41) is 11.7. The number of aryl methyl sites for hydroxylation is 1. The molecule has 0 spiro atoms. The Morgan fingerprint density at radius 3 is 2.90 bits per heavy atom. The van der Waals surface area contributed by atoms with Gasteiger partial charge in [-0.3, -0.25) is 9.59 Å². The van der Waals surface area contributed by atoms with E-state index in [9.17, 15) is 9.59 Å². The maximum atomic E-state index is 11.9. The molecule has 8 nitrogen and oxygen atoms in total. The highest BCUT2D eigenvalue weighted by molar-refractivity contribution is 5.80. The number of benzene rings is 1. The van der Waals surface area contributed by atoms with Gasteiger partial charge in [0.2, 0.25) is 11.8 Å². The first-order chi connectivity index (χ1) is 14.9. The van der Waals surface area contributed by atoms with Crippen molar-refractivity contribution in [1.82, 2.24) is 10.3 Å². The van der Waals surface area contributed by atoms with Gasteiger partial charge in [-0.15, -0.1) is 0 Å². The molecule has 1 aliphatic rings. The number of rotatable bonds is 10. The molecule has 2 atom stereocenters. The summed E-state index contributed by atoms with van der Waals surface area (Å²) in [6, 6.07) is 7.64. The lowest BCUT2D eigenvalue weighted by atomic mass is 9.86. The first-order valence-electron chi connectivity index (χ1n) is 10.6. The average molecular weight is 431 g/mol. The second kappa shape index (κ2) is 10.9. The molecule has 1 heterocycles. The average Bonchev–Trinajstić information content (AvgIpc) is 3.13. The number of carboxylic acids is 1. The van der Waals surface area contributed by atoms with Crippen LogP contribution in [0, 0.1) is 12.8 Å². The van der Waals surface area contributed by atoms with Gasteiger partial charge >= 0.3 is 5.97 Å². The summed E-state index contributed by atoms with van der Waals surface area (Å²) in [5.41, 5.74) is 1.62. The van der Waals surface area contributed by atoms with Gasteiger partial charge in [-0.1, -0.05) is 12.5 Å². The zero-order valence-electron chi connectivity index (χ0n) is 18.1. The normalized spacial score (nSPS) is 18.5. The van der Waals surface area contributed by atoms with Gasteiger partial charge in [0.1, 0.15) is 17.2 Å². The molecule has 0 bridgehead atoms. The summed E-state index contributed by atoms with van der Waals surface area (Å²) in [4.78, 5) is 27.1. The van der Waals surface area contributed by atoms with Crippen LogP contribution < -0.4 is 10.1 Å². The number of aromatic nitrogens is 1. The van der Waals surface area contributed by atoms with Crippen LogP contribution in [0.25, 0.3) is 11.5 Å². The van der Waals surface area contributed by atoms with Crippen LogP contribution in [0.2, 0.25) is 0 Å². The number of ether oxygens (including phenoxy) is 2. The van der Waals surface area contributed by atoms with Crippen LogP contribution in [0.5, 0.6) is 5.75 Å². The van der Waals surface area contributed by atoms with E-state index in [1.807, 2.05) is 31.2 Å². The lowest BCUT2D eigenvalue weighted by Gasteiger charge is -2.29. The molecule has 0 saturated heterocycles. The third kappa shape index (κ3) is 6.82. The number of methoxy groups -OCH3 is 1. The maximum absolute atomic E-state index is 11.9. The fourth-order valence-electron chi connectivity index (χ4n) is 3.86. The van der Waals surface area contributed by atoms with E-state index in [0.717, 1.165) is 48.5 Å². The molecule has 1 amide bonds. The molecule has 168 valence electrons. The van der Waals surface area contributed by atoms with Gasteiger partial charge in [0.25, 0.3) is 0 Å². The van der Waals surface area contributed by atoms with Gasteiger partial charge in [-0.05, 0) is 50.3 Å². The topological polar surface area (TPSA) is 111 Å². The quantitative estimate of drug-likeness (QED) is 0.591. The molecule has 0 aliphatic heterocycles. The molecular weight excluding hydrogens is 400 g/mol. The highest BCUT2D eigenvalue weighted by Crippen LogP contribution is 2.27. The first-order valence-corrected chi connectivity index (χ1v) is 10.6. The summed E-state index contributed by atoms with van der Waals surface area (Å²) in [5.74, 6) is 1.21. The Morgan fingerprint density at radius 1 is 1.29 bits per heavy atom. The molecule has 1 aliphatic carbocycles. The molecule has 31 heavy (non-hydrogen) atoms. The van der Waals surface area contributed by atoms with Gasteiger partial charge in [0.05, 0.1) is 20.1 Å². The largest absolute Gasteiger partial charge is 0.497 e. The minimum Gasteiger partial charge on any atom is -0.497 e. The number of carboxylic acid groups (broad SMARTS) is 1. The number of amides is 1. The van der Waals surface area contributed by atoms with E-state index in [0.29, 0.717) is 25.0 Å². The lowest BCUT2D eigenvalue weighted by Crippen LogP contribution is -2.39. The van der Waals surface area contributed by atoms with Crippen LogP contribution in [0.3, 0.4) is 0 Å². The zero-order valence-corrected chi connectivity index (χ0v) is 18.1. The van der Waals surface area contributed by atoms with Crippen molar-refractivity contribution >= 4 is 11.9 Å². The van der Waals surface area contributed by atoms with Crippen molar-refractivity contribution in [3.8, 4) is 17.2 Å². The Labute approximate surface area is 182 Å². The first kappa shape index (κ1) is 22.8. The Hall–Kier alpha value is -2.87. The van der Waals surface area contributed by atoms with Crippen molar-refractivity contribution < 1.29 is 28.6 Å². The number of hydrogen-bond acceptors (Lipinski definition) is 6. The number of nitrogens with zero attached hydrogens (tertiary/aromatic N) is 1. The number of carbonyl (C=O) groups excluding carboxylic acids is 1. The van der Waals surface area contributed by atoms with E-state index in [1.165, 1.54) is 0 Å². The van der Waals surface area contributed by atoms with Crippen LogP contribution >= 0.6 is 0 Å². The second-order valence-corrected chi connectivity index (χ2v) is 7.96. The summed E-state index contributed by atoms with van der Waals surface area (Å²) in [6.45, 7) is 2.83. The summed E-state index contributed by atoms with van der Waals surface area (Å²) >= 11 is 0. The molecule has 8 heteroatoms. The van der Waals surface area contributed by atoms with Crippen LogP contribution in [-0.4, -0.2) is 41.7 Å². The molecule has 2 unspecified atom stereocenters. The van der Waals surface area contributed by atoms with E-state index in [-0.39, 0.29) is 24.8 Å². The number of carbonyl (C=O) groups is 2. The summed E-state index contributed by atoms with van der Waals surface area (Å²) in [7, 11) is 1.62. The van der Waals surface area contributed by atoms with Crippen LogP contribution in [0.1, 0.15) is 50.0 Å². The SMILES string of the molecule is COc1cccc(-c2nc(COCC3CCCC(NC(=O)CCC(=O)O)C3)c(C)o2)c1. The van der Waals surface area contributed by atoms with Gasteiger partial charge in [-0.2, -0.15) is 0 Å². The van der Waals surface area contributed by atoms with Crippen LogP contribution in [0.15, 0.2) is 28.7 Å². The molecule has 3 rings (SSSR count). The third-order valence-corrected chi connectivity index (χ3v) is 5.52. The van der Waals surface area contributed by atoms with Gasteiger partial charge < -0.3 is 24.3 Å². The Morgan fingerprint density at radius 2 is 2.13 bits per heavy atom. The third-order valence-electron chi connectivity index (χ3n) is 5.52. The summed E-state index contributed by atoms with van der Waals surface area (Å²) < 4.78 is 17.0.